The SMILES string of the molecule is COC(=O)CC(=O)CC(=O)CCn1c(-c2ccc(F)cc2)c(-c2ccccc2)c(C)c1C(C)C. The summed E-state index contributed by atoms with van der Waals surface area (Å²) in [6.45, 7) is 6.65. The van der Waals surface area contributed by atoms with Gasteiger partial charge < -0.3 is 9.30 Å². The van der Waals surface area contributed by atoms with Gasteiger partial charge in [-0.25, -0.2) is 4.39 Å². The van der Waals surface area contributed by atoms with Crippen LogP contribution in [0.3, 0.4) is 0 Å². The summed E-state index contributed by atoms with van der Waals surface area (Å²) in [5, 5.41) is 0. The maximum atomic E-state index is 13.7. The molecule has 3 aromatic rings. The zero-order chi connectivity index (χ0) is 24.8. The summed E-state index contributed by atoms with van der Waals surface area (Å²) in [6, 6.07) is 16.4. The molecule has 0 radical (unpaired) electrons. The predicted octanol–water partition coefficient (Wildman–Crippen LogP) is 5.87. The number of nitrogens with zero attached hydrogens (tertiary/aromatic N) is 1. The van der Waals surface area contributed by atoms with E-state index in [1.54, 1.807) is 12.1 Å². The molecule has 0 spiro atoms. The first-order valence-electron chi connectivity index (χ1n) is 11.4. The van der Waals surface area contributed by atoms with Crippen LogP contribution in [-0.2, 0) is 25.7 Å². The minimum Gasteiger partial charge on any atom is -0.469 e. The van der Waals surface area contributed by atoms with E-state index >= 15 is 0 Å². The molecule has 0 saturated heterocycles. The molecule has 0 aliphatic carbocycles. The molecule has 0 saturated carbocycles. The van der Waals surface area contributed by atoms with Gasteiger partial charge in [-0.15, -0.1) is 0 Å². The lowest BCUT2D eigenvalue weighted by Crippen LogP contribution is -2.16. The zero-order valence-corrected chi connectivity index (χ0v) is 20.1. The highest BCUT2D eigenvalue weighted by Crippen LogP contribution is 2.41. The van der Waals surface area contributed by atoms with Crippen molar-refractivity contribution in [3.05, 3.63) is 71.7 Å². The number of aromatic nitrogens is 1. The molecular formula is C28H30FNO4. The van der Waals surface area contributed by atoms with E-state index in [-0.39, 0.29) is 30.4 Å². The lowest BCUT2D eigenvalue weighted by Gasteiger charge is -2.17. The highest BCUT2D eigenvalue weighted by atomic mass is 19.1. The molecule has 0 amide bonds. The van der Waals surface area contributed by atoms with Gasteiger partial charge in [0.2, 0.25) is 0 Å². The molecule has 34 heavy (non-hydrogen) atoms. The smallest absolute Gasteiger partial charge is 0.313 e. The second-order valence-electron chi connectivity index (χ2n) is 8.67. The van der Waals surface area contributed by atoms with Gasteiger partial charge >= 0.3 is 5.97 Å². The van der Waals surface area contributed by atoms with Crippen molar-refractivity contribution in [1.29, 1.82) is 0 Å². The number of ketones is 2. The van der Waals surface area contributed by atoms with Crippen LogP contribution < -0.4 is 0 Å². The third-order valence-electron chi connectivity index (χ3n) is 5.86. The standard InChI is InChI=1S/C28H30FNO4/c1-18(2)27-19(3)26(20-8-6-5-7-9-20)28(21-10-12-22(29)13-11-21)30(27)15-14-23(31)16-24(32)17-25(33)34-4/h5-13,18H,14-17H2,1-4H3. The summed E-state index contributed by atoms with van der Waals surface area (Å²) in [7, 11) is 1.21. The Morgan fingerprint density at radius 2 is 1.56 bits per heavy atom. The molecule has 178 valence electrons. The largest absolute Gasteiger partial charge is 0.469 e. The summed E-state index contributed by atoms with van der Waals surface area (Å²) >= 11 is 0. The fraction of sp³-hybridized carbons (Fsp3) is 0.321. The van der Waals surface area contributed by atoms with Crippen LogP contribution in [0.1, 0.15) is 50.3 Å². The third kappa shape index (κ3) is 5.68. The fourth-order valence-electron chi connectivity index (χ4n) is 4.45. The molecular weight excluding hydrogens is 433 g/mol. The van der Waals surface area contributed by atoms with Crippen LogP contribution in [0.2, 0.25) is 0 Å². The maximum Gasteiger partial charge on any atom is 0.313 e. The highest BCUT2D eigenvalue weighted by molar-refractivity contribution is 6.05. The monoisotopic (exact) mass is 463 g/mol. The van der Waals surface area contributed by atoms with Gasteiger partial charge in [0.15, 0.2) is 5.78 Å². The van der Waals surface area contributed by atoms with Crippen LogP contribution in [-0.4, -0.2) is 29.2 Å². The average Bonchev–Trinajstić information content (AvgIpc) is 3.10. The molecule has 0 bridgehead atoms. The van der Waals surface area contributed by atoms with E-state index in [0.29, 0.717) is 6.54 Å². The molecule has 1 aromatic heterocycles. The van der Waals surface area contributed by atoms with Crippen molar-refractivity contribution in [3.8, 4) is 22.4 Å². The van der Waals surface area contributed by atoms with Crippen LogP contribution in [0.15, 0.2) is 54.6 Å². The molecule has 2 aromatic carbocycles. The van der Waals surface area contributed by atoms with Crippen molar-refractivity contribution in [2.45, 2.75) is 52.5 Å². The second-order valence-corrected chi connectivity index (χ2v) is 8.67. The number of carbonyl (C=O) groups excluding carboxylic acids is 3. The Kier molecular flexibility index (Phi) is 8.16. The molecule has 0 unspecified atom stereocenters. The first kappa shape index (κ1) is 25.1. The lowest BCUT2D eigenvalue weighted by molar-refractivity contribution is -0.143. The molecule has 3 rings (SSSR count). The summed E-state index contributed by atoms with van der Waals surface area (Å²) < 4.78 is 20.3. The van der Waals surface area contributed by atoms with Crippen LogP contribution in [0, 0.1) is 12.7 Å². The lowest BCUT2D eigenvalue weighted by atomic mass is 9.96. The number of carbonyl (C=O) groups is 3. The first-order valence-corrected chi connectivity index (χ1v) is 11.4. The maximum absolute atomic E-state index is 13.7. The van der Waals surface area contributed by atoms with Crippen molar-refractivity contribution < 1.29 is 23.5 Å². The van der Waals surface area contributed by atoms with Gasteiger partial charge in [-0.1, -0.05) is 44.2 Å². The van der Waals surface area contributed by atoms with E-state index < -0.39 is 18.2 Å². The molecule has 0 aliphatic heterocycles. The van der Waals surface area contributed by atoms with Crippen LogP contribution in [0.4, 0.5) is 4.39 Å². The summed E-state index contributed by atoms with van der Waals surface area (Å²) in [4.78, 5) is 35.9. The van der Waals surface area contributed by atoms with Crippen LogP contribution in [0.5, 0.6) is 0 Å². The van der Waals surface area contributed by atoms with E-state index in [2.05, 4.69) is 30.1 Å². The Labute approximate surface area is 199 Å². The molecule has 1 heterocycles. The molecule has 5 nitrogen and oxygen atoms in total. The van der Waals surface area contributed by atoms with E-state index in [1.165, 1.54) is 19.2 Å². The minimum absolute atomic E-state index is 0.142. The quantitative estimate of drug-likeness (QED) is 0.278. The van der Waals surface area contributed by atoms with Crippen molar-refractivity contribution in [2.24, 2.45) is 0 Å². The molecule has 0 N–H and O–H groups in total. The Bertz CT molecular complexity index is 1180. The summed E-state index contributed by atoms with van der Waals surface area (Å²) in [5.74, 6) is -1.47. The normalized spacial score (nSPS) is 11.0. The van der Waals surface area contributed by atoms with Crippen LogP contribution >= 0.6 is 0 Å². The molecule has 0 fully saturated rings. The van der Waals surface area contributed by atoms with Gasteiger partial charge in [0.05, 0.1) is 19.2 Å². The van der Waals surface area contributed by atoms with E-state index in [4.69, 9.17) is 0 Å². The van der Waals surface area contributed by atoms with Crippen molar-refractivity contribution in [2.75, 3.05) is 7.11 Å². The van der Waals surface area contributed by atoms with Gasteiger partial charge in [-0.05, 0) is 53.8 Å². The number of halogens is 1. The summed E-state index contributed by atoms with van der Waals surface area (Å²) in [6.07, 6.45) is -0.561. The number of hydrogen-bond acceptors (Lipinski definition) is 4. The van der Waals surface area contributed by atoms with E-state index in [0.717, 1.165) is 33.6 Å². The van der Waals surface area contributed by atoms with Crippen molar-refractivity contribution in [1.82, 2.24) is 4.57 Å². The average molecular weight is 464 g/mol. The Hall–Kier alpha value is -3.54. The van der Waals surface area contributed by atoms with E-state index in [1.807, 2.05) is 30.3 Å². The number of esters is 1. The third-order valence-corrected chi connectivity index (χ3v) is 5.86. The second kappa shape index (κ2) is 11.1. The fourth-order valence-corrected chi connectivity index (χ4v) is 4.45. The number of Topliss-reactive ketones (excluding diaryl/α,β-unsaturated/α-hetero) is 2. The zero-order valence-electron chi connectivity index (χ0n) is 20.1. The minimum atomic E-state index is -0.646. The first-order chi connectivity index (χ1) is 16.2. The predicted molar refractivity (Wildman–Crippen MR) is 130 cm³/mol. The Balaban J connectivity index is 2.03. The number of methoxy groups -OCH3 is 1. The number of hydrogen-bond donors (Lipinski definition) is 0. The van der Waals surface area contributed by atoms with Gasteiger partial charge in [0.25, 0.3) is 0 Å². The van der Waals surface area contributed by atoms with Gasteiger partial charge in [0.1, 0.15) is 18.0 Å². The highest BCUT2D eigenvalue weighted by Gasteiger charge is 2.25. The molecule has 0 atom stereocenters. The van der Waals surface area contributed by atoms with Crippen molar-refractivity contribution >= 4 is 17.5 Å². The number of rotatable bonds is 10. The van der Waals surface area contributed by atoms with Gasteiger partial charge in [-0.3, -0.25) is 14.4 Å². The summed E-state index contributed by atoms with van der Waals surface area (Å²) in [5.41, 5.74) is 6.05. The van der Waals surface area contributed by atoms with Gasteiger partial charge in [0, 0.05) is 24.2 Å². The number of ether oxygens (including phenoxy) is 1. The Morgan fingerprint density at radius 1 is 0.912 bits per heavy atom. The van der Waals surface area contributed by atoms with Gasteiger partial charge in [-0.2, -0.15) is 0 Å². The number of benzene rings is 2. The van der Waals surface area contributed by atoms with Crippen LogP contribution in [0.25, 0.3) is 22.4 Å². The van der Waals surface area contributed by atoms with Crippen molar-refractivity contribution in [3.63, 3.8) is 0 Å². The topological polar surface area (TPSA) is 65.4 Å². The molecule has 6 heteroatoms. The van der Waals surface area contributed by atoms with E-state index in [9.17, 15) is 18.8 Å². The Morgan fingerprint density at radius 3 is 2.15 bits per heavy atom. The molecule has 0 aliphatic rings.